The first-order valence-electron chi connectivity index (χ1n) is 19.6. The number of aliphatic hydroxyl groups is 1. The molecule has 3 aliphatic heterocycles. The maximum Gasteiger partial charge on any atom is 0.410 e. The Labute approximate surface area is 292 Å². The van der Waals surface area contributed by atoms with Crippen LogP contribution in [0.1, 0.15) is 113 Å². The van der Waals surface area contributed by atoms with Crippen molar-refractivity contribution >= 4 is 18.1 Å². The summed E-state index contributed by atoms with van der Waals surface area (Å²) in [4.78, 5) is 39.8. The topological polar surface area (TPSA) is 126 Å². The van der Waals surface area contributed by atoms with Crippen molar-refractivity contribution in [2.75, 3.05) is 19.6 Å². The Morgan fingerprint density at radius 2 is 1.73 bits per heavy atom. The number of nitrogens with zero attached hydrogens (tertiary/aromatic N) is 1. The van der Waals surface area contributed by atoms with Crippen LogP contribution in [0, 0.1) is 56.7 Å². The van der Waals surface area contributed by atoms with Crippen molar-refractivity contribution in [3.8, 4) is 0 Å². The van der Waals surface area contributed by atoms with Gasteiger partial charge in [0.05, 0.1) is 18.3 Å². The molecule has 8 aliphatic rings. The Morgan fingerprint density at radius 3 is 2.39 bits per heavy atom. The molecule has 0 aromatic carbocycles. The molecule has 5 aliphatic carbocycles. The summed E-state index contributed by atoms with van der Waals surface area (Å²) in [5.41, 5.74) is -0.103. The Morgan fingerprint density at radius 1 is 1.02 bits per heavy atom. The van der Waals surface area contributed by atoms with E-state index < -0.39 is 18.2 Å². The second kappa shape index (κ2) is 11.2. The molecule has 2 spiro atoms. The minimum absolute atomic E-state index is 0.0455. The van der Waals surface area contributed by atoms with E-state index in [1.807, 2.05) is 0 Å². The maximum atomic E-state index is 13.0. The van der Waals surface area contributed by atoms with E-state index in [2.05, 4.69) is 59.1 Å². The van der Waals surface area contributed by atoms with E-state index in [4.69, 9.17) is 14.2 Å². The van der Waals surface area contributed by atoms with Gasteiger partial charge in [-0.1, -0.05) is 48.5 Å². The van der Waals surface area contributed by atoms with Crippen molar-refractivity contribution in [1.82, 2.24) is 15.5 Å². The number of aliphatic hydroxyl groups excluding tert-OH is 1. The lowest BCUT2D eigenvalue weighted by Crippen LogP contribution is -2.60. The van der Waals surface area contributed by atoms with Gasteiger partial charge in [-0.05, 0) is 110 Å². The van der Waals surface area contributed by atoms with Gasteiger partial charge in [0.15, 0.2) is 0 Å². The largest absolute Gasteiger partial charge is 0.446 e. The first-order valence-corrected chi connectivity index (χ1v) is 19.6. The van der Waals surface area contributed by atoms with Crippen LogP contribution in [-0.2, 0) is 19.0 Å². The zero-order valence-corrected chi connectivity index (χ0v) is 30.9. The molecule has 10 heteroatoms. The molecule has 3 N–H and O–H groups in total. The van der Waals surface area contributed by atoms with Gasteiger partial charge in [0.1, 0.15) is 18.2 Å². The van der Waals surface area contributed by atoms with E-state index in [1.165, 1.54) is 12.8 Å². The number of carbonyl (C=O) groups excluding carboxylic acids is 3. The molecule has 0 bridgehead atoms. The zero-order valence-electron chi connectivity index (χ0n) is 30.9. The number of amides is 3. The Bertz CT molecular complexity index is 1380. The molecule has 274 valence electrons. The number of carbonyl (C=O) groups is 3. The number of hydrogen-bond acceptors (Lipinski definition) is 7. The third-order valence-electron chi connectivity index (χ3n) is 16.7. The van der Waals surface area contributed by atoms with Crippen LogP contribution in [0.5, 0.6) is 0 Å². The Kier molecular flexibility index (Phi) is 7.79. The first kappa shape index (κ1) is 34.0. The van der Waals surface area contributed by atoms with Crippen LogP contribution < -0.4 is 10.6 Å². The summed E-state index contributed by atoms with van der Waals surface area (Å²) in [5, 5.41) is 18.2. The minimum atomic E-state index is -0.577. The average Bonchev–Trinajstić information content (AvgIpc) is 3.45. The van der Waals surface area contributed by atoms with Gasteiger partial charge in [-0.25, -0.2) is 9.59 Å². The number of fused-ring (bicyclic) bond motifs is 4. The van der Waals surface area contributed by atoms with E-state index in [1.54, 1.807) is 4.90 Å². The van der Waals surface area contributed by atoms with Crippen molar-refractivity contribution in [2.24, 2.45) is 56.7 Å². The normalized spacial score (nSPS) is 49.6. The molecular formula is C39H61N3O7. The molecule has 3 saturated heterocycles. The van der Waals surface area contributed by atoms with E-state index in [-0.39, 0.29) is 75.3 Å². The lowest BCUT2D eigenvalue weighted by molar-refractivity contribution is -0.185. The molecule has 8 fully saturated rings. The van der Waals surface area contributed by atoms with Gasteiger partial charge < -0.3 is 34.9 Å². The number of hydrogen-bond donors (Lipinski definition) is 3. The highest BCUT2D eigenvalue weighted by atomic mass is 16.6. The Hall–Kier alpha value is -2.07. The summed E-state index contributed by atoms with van der Waals surface area (Å²) in [5.74, 6) is 1.44. The van der Waals surface area contributed by atoms with E-state index >= 15 is 0 Å². The highest BCUT2D eigenvalue weighted by Crippen LogP contribution is 2.89. The van der Waals surface area contributed by atoms with Crippen molar-refractivity contribution in [1.29, 1.82) is 0 Å². The second-order valence-electron chi connectivity index (χ2n) is 19.2. The van der Waals surface area contributed by atoms with Crippen LogP contribution in [-0.4, -0.2) is 84.3 Å². The maximum absolute atomic E-state index is 13.0. The highest BCUT2D eigenvalue weighted by molar-refractivity contribution is 5.87. The monoisotopic (exact) mass is 683 g/mol. The molecule has 6 unspecified atom stereocenters. The average molecular weight is 684 g/mol. The molecular weight excluding hydrogens is 622 g/mol. The quantitative estimate of drug-likeness (QED) is 0.342. The van der Waals surface area contributed by atoms with E-state index in [0.717, 1.165) is 58.0 Å². The van der Waals surface area contributed by atoms with Gasteiger partial charge in [-0.2, -0.15) is 0 Å². The summed E-state index contributed by atoms with van der Waals surface area (Å²) >= 11 is 0. The highest BCUT2D eigenvalue weighted by Gasteiger charge is 2.84. The molecule has 0 aromatic heterocycles. The third kappa shape index (κ3) is 4.53. The van der Waals surface area contributed by atoms with Crippen molar-refractivity contribution in [2.45, 2.75) is 149 Å². The molecule has 0 aromatic rings. The van der Waals surface area contributed by atoms with Crippen molar-refractivity contribution in [3.05, 3.63) is 0 Å². The smallest absolute Gasteiger partial charge is 0.410 e. The predicted octanol–water partition coefficient (Wildman–Crippen LogP) is 5.65. The Balaban J connectivity index is 1.01. The summed E-state index contributed by atoms with van der Waals surface area (Å²) < 4.78 is 19.3. The third-order valence-corrected chi connectivity index (χ3v) is 16.7. The van der Waals surface area contributed by atoms with Crippen LogP contribution in [0.2, 0.25) is 0 Å². The van der Waals surface area contributed by atoms with E-state index in [9.17, 15) is 19.5 Å². The fourth-order valence-corrected chi connectivity index (χ4v) is 14.1. The minimum Gasteiger partial charge on any atom is -0.446 e. The number of alkyl carbamates (subject to hydrolysis) is 1. The summed E-state index contributed by atoms with van der Waals surface area (Å²) in [6.45, 7) is 18.2. The van der Waals surface area contributed by atoms with E-state index in [0.29, 0.717) is 30.7 Å². The van der Waals surface area contributed by atoms with Gasteiger partial charge >= 0.3 is 12.2 Å². The van der Waals surface area contributed by atoms with Crippen LogP contribution >= 0.6 is 0 Å². The lowest BCUT2D eigenvalue weighted by Gasteiger charge is -2.63. The van der Waals surface area contributed by atoms with Crippen molar-refractivity contribution in [3.63, 3.8) is 0 Å². The number of nitrogens with one attached hydrogen (secondary N) is 2. The van der Waals surface area contributed by atoms with Crippen LogP contribution in [0.15, 0.2) is 0 Å². The molecule has 5 saturated carbocycles. The molecule has 3 amide bonds. The van der Waals surface area contributed by atoms with Gasteiger partial charge in [0.2, 0.25) is 5.91 Å². The molecule has 3 heterocycles. The predicted molar refractivity (Wildman–Crippen MR) is 182 cm³/mol. The molecule has 14 atom stereocenters. The molecule has 49 heavy (non-hydrogen) atoms. The van der Waals surface area contributed by atoms with Gasteiger partial charge in [0.25, 0.3) is 0 Å². The molecule has 8 rings (SSSR count). The number of likely N-dealkylation sites (tertiary alicyclic amines) is 1. The summed E-state index contributed by atoms with van der Waals surface area (Å²) in [6.07, 6.45) is 7.66. The fraction of sp³-hybridized carbons (Fsp3) is 0.923. The zero-order chi connectivity index (χ0) is 34.9. The lowest BCUT2D eigenvalue weighted by atomic mass is 9.41. The van der Waals surface area contributed by atoms with Crippen molar-refractivity contribution < 1.29 is 33.7 Å². The van der Waals surface area contributed by atoms with Gasteiger partial charge in [0, 0.05) is 30.5 Å². The number of rotatable bonds is 5. The van der Waals surface area contributed by atoms with Crippen LogP contribution in [0.3, 0.4) is 0 Å². The van der Waals surface area contributed by atoms with Crippen LogP contribution in [0.25, 0.3) is 0 Å². The summed E-state index contributed by atoms with van der Waals surface area (Å²) in [7, 11) is 0. The molecule has 10 nitrogen and oxygen atoms in total. The first-order chi connectivity index (χ1) is 23.1. The van der Waals surface area contributed by atoms with Gasteiger partial charge in [-0.15, -0.1) is 0 Å². The van der Waals surface area contributed by atoms with Crippen LogP contribution in [0.4, 0.5) is 9.59 Å². The number of ether oxygens (including phenoxy) is 3. The SMILES string of the molecule is CC(C)[C@@H](OC(=O)N1CCC1)C1C[C@@H](C)C2C(O1)[C@H](O)[C@@]1(C)C3CC[C@H]4C(C)(C)[C@@H](OC(=O)N[C@@H]5CCNC5=O)CCC45CC35CC[C@]21C. The molecule has 0 radical (unpaired) electrons. The fourth-order valence-electron chi connectivity index (χ4n) is 14.1. The van der Waals surface area contributed by atoms with Gasteiger partial charge in [-0.3, -0.25) is 4.79 Å². The summed E-state index contributed by atoms with van der Waals surface area (Å²) in [6, 6.07) is -0.509. The second-order valence-corrected chi connectivity index (χ2v) is 19.2. The standard InChI is InChI=1S/C39H61N3O7/c1-21(2)29(49-34(46)42-17-8-18-42)24-19-22(3)28-30(47-24)31(43)37(7)26-10-9-25-35(4,5)27(48-33(45)41-23-12-16-40-32(23)44)11-13-38(25)20-39(26,38)15-14-36(28,37)6/h21-31,43H,8-20H2,1-7H3,(H,40,44)(H,41,45)/t22-,23-,24?,25+,26?,27+,28?,29-,30?,31+,36-,37-,38?,39?/m1/s1.